The summed E-state index contributed by atoms with van der Waals surface area (Å²) in [5.41, 5.74) is 6.32. The van der Waals surface area contributed by atoms with E-state index in [0.29, 0.717) is 17.3 Å². The summed E-state index contributed by atoms with van der Waals surface area (Å²) in [6.45, 7) is 0. The van der Waals surface area contributed by atoms with Crippen LogP contribution < -0.4 is 20.5 Å². The van der Waals surface area contributed by atoms with E-state index < -0.39 is 5.91 Å². The number of methoxy groups -OCH3 is 2. The second kappa shape index (κ2) is 5.30. The van der Waals surface area contributed by atoms with Crippen molar-refractivity contribution in [1.29, 1.82) is 0 Å². The Bertz CT molecular complexity index is 581. The molecule has 19 heavy (non-hydrogen) atoms. The Hall–Kier alpha value is -2.70. The Morgan fingerprint density at radius 3 is 2.74 bits per heavy atom. The van der Waals surface area contributed by atoms with E-state index in [-0.39, 0.29) is 11.3 Å². The number of hydrogen-bond donors (Lipinski definition) is 2. The van der Waals surface area contributed by atoms with Gasteiger partial charge < -0.3 is 25.0 Å². The first-order chi connectivity index (χ1) is 9.15. The molecule has 2 rings (SSSR count). The smallest absolute Gasteiger partial charge is 0.259 e. The first-order valence-corrected chi connectivity index (χ1v) is 5.39. The van der Waals surface area contributed by atoms with Gasteiger partial charge >= 0.3 is 0 Å². The van der Waals surface area contributed by atoms with Gasteiger partial charge in [0.25, 0.3) is 5.91 Å². The summed E-state index contributed by atoms with van der Waals surface area (Å²) in [6, 6.07) is 4.64. The Balaban J connectivity index is 2.35. The van der Waals surface area contributed by atoms with Gasteiger partial charge in [-0.2, -0.15) is 0 Å². The average molecular weight is 263 g/mol. The van der Waals surface area contributed by atoms with Crippen molar-refractivity contribution in [2.45, 2.75) is 0 Å². The fraction of sp³-hybridized carbons (Fsp3) is 0.167. The Morgan fingerprint density at radius 1 is 1.37 bits per heavy atom. The Morgan fingerprint density at radius 2 is 2.16 bits per heavy atom. The quantitative estimate of drug-likeness (QED) is 0.811. The number of benzene rings is 1. The van der Waals surface area contributed by atoms with Crippen molar-refractivity contribution in [2.24, 2.45) is 0 Å². The number of nitrogens with one attached hydrogen (secondary N) is 1. The summed E-state index contributed by atoms with van der Waals surface area (Å²) in [5, 5.41) is 6.13. The maximum absolute atomic E-state index is 12.1. The van der Waals surface area contributed by atoms with Crippen LogP contribution in [-0.4, -0.2) is 25.3 Å². The lowest BCUT2D eigenvalue weighted by Gasteiger charge is -2.11. The van der Waals surface area contributed by atoms with Crippen LogP contribution in [0.2, 0.25) is 0 Å². The second-order valence-electron chi connectivity index (χ2n) is 3.63. The van der Waals surface area contributed by atoms with Crippen molar-refractivity contribution in [3.05, 3.63) is 30.0 Å². The molecule has 1 heterocycles. The minimum Gasteiger partial charge on any atom is -0.497 e. The van der Waals surface area contributed by atoms with Crippen molar-refractivity contribution >= 4 is 17.4 Å². The van der Waals surface area contributed by atoms with E-state index in [9.17, 15) is 4.79 Å². The zero-order chi connectivity index (χ0) is 13.8. The van der Waals surface area contributed by atoms with Gasteiger partial charge in [-0.05, 0) is 6.07 Å². The van der Waals surface area contributed by atoms with Gasteiger partial charge in [-0.1, -0.05) is 5.16 Å². The van der Waals surface area contributed by atoms with Gasteiger partial charge in [-0.15, -0.1) is 0 Å². The SMILES string of the molecule is COc1cc(OC)c(N)c(C(=O)Nc2ccon2)c1. The van der Waals surface area contributed by atoms with Gasteiger partial charge in [0.15, 0.2) is 5.82 Å². The first kappa shape index (κ1) is 12.7. The van der Waals surface area contributed by atoms with Crippen molar-refractivity contribution in [3.63, 3.8) is 0 Å². The lowest BCUT2D eigenvalue weighted by Crippen LogP contribution is -2.15. The molecule has 2 aromatic rings. The molecule has 7 nitrogen and oxygen atoms in total. The molecule has 100 valence electrons. The topological polar surface area (TPSA) is 99.6 Å². The van der Waals surface area contributed by atoms with Crippen LogP contribution in [-0.2, 0) is 0 Å². The zero-order valence-corrected chi connectivity index (χ0v) is 10.5. The molecule has 0 aliphatic rings. The van der Waals surface area contributed by atoms with E-state index in [2.05, 4.69) is 15.0 Å². The molecule has 3 N–H and O–H groups in total. The number of carbonyl (C=O) groups excluding carboxylic acids is 1. The Kier molecular flexibility index (Phi) is 3.56. The van der Waals surface area contributed by atoms with Crippen LogP contribution in [0.15, 0.2) is 29.0 Å². The number of anilines is 2. The lowest BCUT2D eigenvalue weighted by molar-refractivity contribution is 0.102. The molecule has 1 amide bonds. The highest BCUT2D eigenvalue weighted by Gasteiger charge is 2.16. The molecule has 1 aromatic carbocycles. The van der Waals surface area contributed by atoms with E-state index >= 15 is 0 Å². The van der Waals surface area contributed by atoms with Crippen molar-refractivity contribution in [1.82, 2.24) is 5.16 Å². The summed E-state index contributed by atoms with van der Waals surface area (Å²) in [4.78, 5) is 12.1. The van der Waals surface area contributed by atoms with E-state index in [4.69, 9.17) is 15.2 Å². The van der Waals surface area contributed by atoms with Crippen LogP contribution in [0.1, 0.15) is 10.4 Å². The van der Waals surface area contributed by atoms with Crippen molar-refractivity contribution < 1.29 is 18.8 Å². The van der Waals surface area contributed by atoms with Crippen molar-refractivity contribution in [3.8, 4) is 11.5 Å². The van der Waals surface area contributed by atoms with Gasteiger partial charge in [0.1, 0.15) is 17.8 Å². The van der Waals surface area contributed by atoms with Crippen LogP contribution >= 0.6 is 0 Å². The molecule has 0 unspecified atom stereocenters. The van der Waals surface area contributed by atoms with E-state index in [1.54, 1.807) is 6.07 Å². The predicted octanol–water partition coefficient (Wildman–Crippen LogP) is 1.53. The zero-order valence-electron chi connectivity index (χ0n) is 10.5. The number of ether oxygens (including phenoxy) is 2. The third-order valence-corrected chi connectivity index (χ3v) is 2.50. The minimum absolute atomic E-state index is 0.226. The van der Waals surface area contributed by atoms with Gasteiger partial charge in [0.2, 0.25) is 0 Å². The molecule has 0 aliphatic carbocycles. The summed E-state index contributed by atoms with van der Waals surface area (Å²) in [7, 11) is 2.95. The third kappa shape index (κ3) is 2.59. The molecule has 7 heteroatoms. The number of carbonyl (C=O) groups is 1. The standard InChI is InChI=1S/C12H13N3O4/c1-17-7-5-8(11(13)9(6-7)18-2)12(16)14-10-3-4-19-15-10/h3-6H,13H2,1-2H3,(H,14,15,16). The molecular formula is C12H13N3O4. The molecule has 0 fully saturated rings. The number of nitrogens with two attached hydrogens (primary N) is 1. The molecule has 0 atom stereocenters. The summed E-state index contributed by atoms with van der Waals surface area (Å²) < 4.78 is 14.8. The van der Waals surface area contributed by atoms with Crippen LogP contribution in [0.25, 0.3) is 0 Å². The molecular weight excluding hydrogens is 250 g/mol. The normalized spacial score (nSPS) is 10.0. The fourth-order valence-electron chi connectivity index (χ4n) is 1.54. The van der Waals surface area contributed by atoms with E-state index in [0.717, 1.165) is 0 Å². The van der Waals surface area contributed by atoms with Gasteiger partial charge in [-0.25, -0.2) is 0 Å². The number of nitrogens with zero attached hydrogens (tertiary/aromatic N) is 1. The van der Waals surface area contributed by atoms with Crippen LogP contribution in [0.5, 0.6) is 11.5 Å². The maximum Gasteiger partial charge on any atom is 0.259 e. The molecule has 0 spiro atoms. The summed E-state index contributed by atoms with van der Waals surface area (Å²) in [5.74, 6) is 0.704. The van der Waals surface area contributed by atoms with Crippen LogP contribution in [0.3, 0.4) is 0 Å². The highest BCUT2D eigenvalue weighted by molar-refractivity contribution is 6.08. The highest BCUT2D eigenvalue weighted by Crippen LogP contribution is 2.31. The van der Waals surface area contributed by atoms with Crippen LogP contribution in [0.4, 0.5) is 11.5 Å². The largest absolute Gasteiger partial charge is 0.497 e. The monoisotopic (exact) mass is 263 g/mol. The highest BCUT2D eigenvalue weighted by atomic mass is 16.5. The minimum atomic E-state index is -0.427. The van der Waals surface area contributed by atoms with Gasteiger partial charge in [-0.3, -0.25) is 4.79 Å². The molecule has 1 aromatic heterocycles. The summed E-state index contributed by atoms with van der Waals surface area (Å²) >= 11 is 0. The fourth-order valence-corrected chi connectivity index (χ4v) is 1.54. The number of amides is 1. The van der Waals surface area contributed by atoms with Gasteiger partial charge in [0.05, 0.1) is 25.5 Å². The number of nitrogen functional groups attached to an aromatic ring is 1. The molecule has 0 radical (unpaired) electrons. The number of hydrogen-bond acceptors (Lipinski definition) is 6. The van der Waals surface area contributed by atoms with Crippen LogP contribution in [0, 0.1) is 0 Å². The van der Waals surface area contributed by atoms with Gasteiger partial charge in [0, 0.05) is 12.1 Å². The second-order valence-corrected chi connectivity index (χ2v) is 3.63. The Labute approximate surface area is 109 Å². The third-order valence-electron chi connectivity index (χ3n) is 2.50. The molecule has 0 saturated heterocycles. The van der Waals surface area contributed by atoms with Crippen molar-refractivity contribution in [2.75, 3.05) is 25.3 Å². The lowest BCUT2D eigenvalue weighted by atomic mass is 10.1. The van der Waals surface area contributed by atoms with E-state index in [1.165, 1.54) is 32.6 Å². The number of aromatic nitrogens is 1. The summed E-state index contributed by atoms with van der Waals surface area (Å²) in [6.07, 6.45) is 1.35. The maximum atomic E-state index is 12.1. The van der Waals surface area contributed by atoms with E-state index in [1.807, 2.05) is 0 Å². The molecule has 0 bridgehead atoms. The average Bonchev–Trinajstić information content (AvgIpc) is 2.91. The molecule has 0 saturated carbocycles. The first-order valence-electron chi connectivity index (χ1n) is 5.39. The molecule has 0 aliphatic heterocycles. The predicted molar refractivity (Wildman–Crippen MR) is 68.4 cm³/mol. The number of rotatable bonds is 4.